The monoisotopic (exact) mass is 201 g/mol. The van der Waals surface area contributed by atoms with Crippen LogP contribution in [-0.4, -0.2) is 34.0 Å². The molecular formula is C10H11N5. The molecule has 15 heavy (non-hydrogen) atoms. The maximum Gasteiger partial charge on any atom is 0.160 e. The molecule has 0 saturated carbocycles. The van der Waals surface area contributed by atoms with Crippen molar-refractivity contribution >= 4 is 22.1 Å². The summed E-state index contributed by atoms with van der Waals surface area (Å²) in [6, 6.07) is 4.05. The average molecular weight is 201 g/mol. The molecule has 1 N–H and O–H groups in total. The lowest BCUT2D eigenvalue weighted by atomic mass is 10.3. The molecule has 0 saturated heterocycles. The van der Waals surface area contributed by atoms with Crippen LogP contribution in [0.3, 0.4) is 0 Å². The third-order valence-corrected chi connectivity index (χ3v) is 2.44. The number of rotatable bonds is 1. The largest absolute Gasteiger partial charge is 0.304 e. The molecule has 76 valence electrons. The summed E-state index contributed by atoms with van der Waals surface area (Å²) in [5, 5.41) is 6.16. The van der Waals surface area contributed by atoms with E-state index in [-0.39, 0.29) is 0 Å². The molecule has 3 heterocycles. The molecule has 0 radical (unpaired) electrons. The van der Waals surface area contributed by atoms with Gasteiger partial charge in [0.2, 0.25) is 0 Å². The van der Waals surface area contributed by atoms with Crippen LogP contribution in [0, 0.1) is 0 Å². The van der Waals surface area contributed by atoms with Gasteiger partial charge in [-0.15, -0.1) is 0 Å². The van der Waals surface area contributed by atoms with E-state index in [0.29, 0.717) is 0 Å². The Balaban J connectivity index is 2.41. The number of aromatic nitrogens is 4. The van der Waals surface area contributed by atoms with E-state index < -0.39 is 0 Å². The zero-order valence-electron chi connectivity index (χ0n) is 8.60. The Morgan fingerprint density at radius 2 is 2.27 bits per heavy atom. The van der Waals surface area contributed by atoms with E-state index in [4.69, 9.17) is 0 Å². The molecule has 0 bridgehead atoms. The summed E-state index contributed by atoms with van der Waals surface area (Å²) in [6.07, 6.45) is 3.66. The summed E-state index contributed by atoms with van der Waals surface area (Å²) < 4.78 is 0. The van der Waals surface area contributed by atoms with Gasteiger partial charge in [0.25, 0.3) is 0 Å². The third-order valence-electron chi connectivity index (χ3n) is 2.44. The van der Waals surface area contributed by atoms with Crippen LogP contribution in [0.15, 0.2) is 24.5 Å². The molecule has 0 atom stereocenters. The van der Waals surface area contributed by atoms with Gasteiger partial charge >= 0.3 is 0 Å². The maximum atomic E-state index is 4.45. The summed E-state index contributed by atoms with van der Waals surface area (Å²) in [4.78, 5) is 10.6. The van der Waals surface area contributed by atoms with Crippen molar-refractivity contribution in [1.29, 1.82) is 0 Å². The second-order valence-corrected chi connectivity index (χ2v) is 3.68. The van der Waals surface area contributed by atoms with Gasteiger partial charge in [-0.1, -0.05) is 0 Å². The highest BCUT2D eigenvalue weighted by Gasteiger charge is 2.06. The molecule has 0 unspecified atom stereocenters. The van der Waals surface area contributed by atoms with E-state index in [1.807, 2.05) is 36.2 Å². The Hall–Kier alpha value is -2.04. The summed E-state index contributed by atoms with van der Waals surface area (Å²) in [6.45, 7) is 0. The first-order valence-corrected chi connectivity index (χ1v) is 4.75. The standard InChI is InChI=1S/C10H11N5/c1-14(2)15-9-5-7-3-4-11-10(7)13-8(9)6-12-15/h3-6,12H,1-2H3. The van der Waals surface area contributed by atoms with Gasteiger partial charge in [0.15, 0.2) is 5.65 Å². The van der Waals surface area contributed by atoms with Gasteiger partial charge < -0.3 is 5.01 Å². The van der Waals surface area contributed by atoms with Crippen molar-refractivity contribution in [2.45, 2.75) is 0 Å². The van der Waals surface area contributed by atoms with Crippen LogP contribution in [0.25, 0.3) is 22.1 Å². The lowest BCUT2D eigenvalue weighted by molar-refractivity contribution is 0.661. The first-order chi connectivity index (χ1) is 7.25. The predicted molar refractivity (Wildman–Crippen MR) is 59.4 cm³/mol. The number of fused-ring (bicyclic) bond motifs is 2. The van der Waals surface area contributed by atoms with Crippen LogP contribution in [0.2, 0.25) is 0 Å². The van der Waals surface area contributed by atoms with E-state index in [2.05, 4.69) is 21.1 Å². The minimum atomic E-state index is 0.799. The lowest BCUT2D eigenvalue weighted by Crippen LogP contribution is -2.25. The van der Waals surface area contributed by atoms with Gasteiger partial charge in [0.05, 0.1) is 0 Å². The van der Waals surface area contributed by atoms with E-state index in [1.165, 1.54) is 0 Å². The van der Waals surface area contributed by atoms with Crippen LogP contribution in [-0.2, 0) is 0 Å². The summed E-state index contributed by atoms with van der Waals surface area (Å²) in [5.74, 6) is 0. The Morgan fingerprint density at radius 3 is 3.07 bits per heavy atom. The number of nitrogens with one attached hydrogen (secondary N) is 1. The van der Waals surface area contributed by atoms with E-state index in [1.54, 1.807) is 6.20 Å². The number of H-pyrrole nitrogens is 1. The molecule has 3 aromatic heterocycles. The topological polar surface area (TPSA) is 49.7 Å². The molecule has 0 amide bonds. The first kappa shape index (κ1) is 8.28. The van der Waals surface area contributed by atoms with Crippen molar-refractivity contribution in [1.82, 2.24) is 19.9 Å². The van der Waals surface area contributed by atoms with Gasteiger partial charge in [0.1, 0.15) is 11.0 Å². The summed E-state index contributed by atoms with van der Waals surface area (Å²) >= 11 is 0. The molecule has 0 aliphatic rings. The normalized spacial score (nSPS) is 11.3. The van der Waals surface area contributed by atoms with Crippen molar-refractivity contribution in [3.05, 3.63) is 24.5 Å². The van der Waals surface area contributed by atoms with Crippen LogP contribution < -0.4 is 5.01 Å². The van der Waals surface area contributed by atoms with Crippen LogP contribution in [0.1, 0.15) is 0 Å². The summed E-state index contributed by atoms with van der Waals surface area (Å²) in [7, 11) is 3.95. The molecule has 5 heteroatoms. The van der Waals surface area contributed by atoms with Gasteiger partial charge in [-0.25, -0.2) is 9.97 Å². The molecular weight excluding hydrogens is 190 g/mol. The van der Waals surface area contributed by atoms with Crippen molar-refractivity contribution in [2.24, 2.45) is 0 Å². The smallest absolute Gasteiger partial charge is 0.160 e. The van der Waals surface area contributed by atoms with Crippen LogP contribution >= 0.6 is 0 Å². The molecule has 5 nitrogen and oxygen atoms in total. The molecule has 0 spiro atoms. The quantitative estimate of drug-likeness (QED) is 0.641. The highest BCUT2D eigenvalue weighted by Crippen LogP contribution is 2.17. The number of hydrogen-bond acceptors (Lipinski definition) is 3. The third kappa shape index (κ3) is 1.09. The van der Waals surface area contributed by atoms with Crippen LogP contribution in [0.5, 0.6) is 0 Å². The van der Waals surface area contributed by atoms with Crippen molar-refractivity contribution in [2.75, 3.05) is 19.1 Å². The van der Waals surface area contributed by atoms with Gasteiger partial charge in [-0.05, 0) is 12.1 Å². The summed E-state index contributed by atoms with van der Waals surface area (Å²) in [5.41, 5.74) is 2.78. The molecule has 0 aliphatic carbocycles. The molecule has 3 aromatic rings. The minimum Gasteiger partial charge on any atom is -0.304 e. The van der Waals surface area contributed by atoms with Crippen molar-refractivity contribution < 1.29 is 0 Å². The van der Waals surface area contributed by atoms with E-state index in [0.717, 1.165) is 22.1 Å². The maximum absolute atomic E-state index is 4.45. The lowest BCUT2D eigenvalue weighted by Gasteiger charge is -2.14. The Bertz CT molecular complexity index is 619. The Labute approximate surface area is 86.3 Å². The number of hydrogen-bond donors (Lipinski definition) is 1. The fourth-order valence-corrected chi connectivity index (χ4v) is 1.73. The Morgan fingerprint density at radius 1 is 1.40 bits per heavy atom. The highest BCUT2D eigenvalue weighted by molar-refractivity contribution is 5.89. The van der Waals surface area contributed by atoms with Crippen LogP contribution in [0.4, 0.5) is 0 Å². The molecule has 0 aliphatic heterocycles. The molecule has 0 fully saturated rings. The number of aromatic amines is 1. The fraction of sp³-hybridized carbons (Fsp3) is 0.200. The highest BCUT2D eigenvalue weighted by atomic mass is 15.6. The van der Waals surface area contributed by atoms with Gasteiger partial charge in [-0.3, -0.25) is 5.10 Å². The van der Waals surface area contributed by atoms with E-state index in [9.17, 15) is 0 Å². The zero-order valence-corrected chi connectivity index (χ0v) is 8.60. The van der Waals surface area contributed by atoms with Gasteiger partial charge in [0, 0.05) is 31.9 Å². The SMILES string of the molecule is CN(C)n1[nH]cc2nc3nccc3cc21. The average Bonchev–Trinajstić information content (AvgIpc) is 2.77. The van der Waals surface area contributed by atoms with Crippen molar-refractivity contribution in [3.8, 4) is 0 Å². The fourth-order valence-electron chi connectivity index (χ4n) is 1.73. The molecule has 0 aromatic carbocycles. The molecule has 3 rings (SSSR count). The van der Waals surface area contributed by atoms with Gasteiger partial charge in [-0.2, -0.15) is 4.79 Å². The zero-order chi connectivity index (χ0) is 10.4. The van der Waals surface area contributed by atoms with Crippen molar-refractivity contribution in [3.63, 3.8) is 0 Å². The predicted octanol–water partition coefficient (Wildman–Crippen LogP) is 1.11. The van der Waals surface area contributed by atoms with E-state index >= 15 is 0 Å². The minimum absolute atomic E-state index is 0.799. The second-order valence-electron chi connectivity index (χ2n) is 3.68. The Kier molecular flexibility index (Phi) is 1.50. The number of nitrogens with zero attached hydrogens (tertiary/aromatic N) is 4. The first-order valence-electron chi connectivity index (χ1n) is 4.75. The second kappa shape index (κ2) is 2.73. The number of pyridine rings is 1.